The molecule has 0 aliphatic heterocycles. The van der Waals surface area contributed by atoms with Gasteiger partial charge in [-0.15, -0.1) is 0 Å². The molecule has 0 saturated carbocycles. The summed E-state index contributed by atoms with van der Waals surface area (Å²) in [5.41, 5.74) is 2.07. The number of nitrogens with zero attached hydrogens (tertiary/aromatic N) is 3. The Morgan fingerprint density at radius 3 is 2.71 bits per heavy atom. The molecule has 0 spiro atoms. The van der Waals surface area contributed by atoms with Crippen molar-refractivity contribution in [2.75, 3.05) is 11.1 Å². The lowest BCUT2D eigenvalue weighted by atomic mass is 10.1. The summed E-state index contributed by atoms with van der Waals surface area (Å²) in [5.74, 6) is -0.0288. The van der Waals surface area contributed by atoms with Gasteiger partial charge < -0.3 is 5.32 Å². The normalized spacial score (nSPS) is 10.7. The molecule has 3 rings (SSSR count). The maximum absolute atomic E-state index is 12.0. The van der Waals surface area contributed by atoms with Crippen molar-refractivity contribution in [3.05, 3.63) is 64.7 Å². The minimum Gasteiger partial charge on any atom is -0.325 e. The van der Waals surface area contributed by atoms with Gasteiger partial charge in [0.2, 0.25) is 5.91 Å². The summed E-state index contributed by atoms with van der Waals surface area (Å²) in [6, 6.07) is 13.0. The number of carbonyl (C=O) groups is 1. The Bertz CT molecular complexity index is 922. The first-order valence-corrected chi connectivity index (χ1v) is 8.51. The van der Waals surface area contributed by atoms with Crippen LogP contribution < -0.4 is 11.0 Å². The van der Waals surface area contributed by atoms with Gasteiger partial charge in [0, 0.05) is 11.9 Å². The number of fused-ring (bicyclic) bond motifs is 1. The second-order valence-electron chi connectivity index (χ2n) is 5.10. The zero-order valence-electron chi connectivity index (χ0n) is 13.1. The molecule has 0 atom stereocenters. The minimum absolute atomic E-state index is 0.137. The number of hydrogen-bond donors (Lipinski definition) is 1. The Labute approximate surface area is 143 Å². The lowest BCUT2D eigenvalue weighted by molar-refractivity contribution is -0.113. The van der Waals surface area contributed by atoms with Gasteiger partial charge in [-0.05, 0) is 36.2 Å². The van der Waals surface area contributed by atoms with Gasteiger partial charge in [0.05, 0.1) is 5.75 Å². The SMILES string of the molecule is CCc1ccc(NC(=O)CSc2nc(=O)n3ccccc3n2)cc1. The molecular formula is C17H16N4O2S. The first-order chi connectivity index (χ1) is 11.7. The number of amides is 1. The second-order valence-corrected chi connectivity index (χ2v) is 6.05. The first-order valence-electron chi connectivity index (χ1n) is 7.53. The third-order valence-electron chi connectivity index (χ3n) is 3.42. The van der Waals surface area contributed by atoms with E-state index in [1.807, 2.05) is 24.3 Å². The fourth-order valence-corrected chi connectivity index (χ4v) is 2.79. The maximum atomic E-state index is 12.0. The topological polar surface area (TPSA) is 76.4 Å². The molecule has 1 amide bonds. The van der Waals surface area contributed by atoms with Crippen LogP contribution in [0.2, 0.25) is 0 Å². The molecule has 0 aliphatic carbocycles. The summed E-state index contributed by atoms with van der Waals surface area (Å²) in [6.07, 6.45) is 2.57. The van der Waals surface area contributed by atoms with Gasteiger partial charge in [-0.3, -0.25) is 9.20 Å². The molecule has 6 nitrogen and oxygen atoms in total. The van der Waals surface area contributed by atoms with Gasteiger partial charge in [-0.1, -0.05) is 36.9 Å². The van der Waals surface area contributed by atoms with Crippen molar-refractivity contribution in [3.8, 4) is 0 Å². The first kappa shape index (κ1) is 16.2. The monoisotopic (exact) mass is 340 g/mol. The van der Waals surface area contributed by atoms with Crippen LogP contribution in [0.15, 0.2) is 58.6 Å². The van der Waals surface area contributed by atoms with E-state index in [0.29, 0.717) is 10.8 Å². The van der Waals surface area contributed by atoms with Crippen LogP contribution in [-0.4, -0.2) is 26.0 Å². The van der Waals surface area contributed by atoms with Crippen molar-refractivity contribution >= 4 is 29.0 Å². The van der Waals surface area contributed by atoms with E-state index in [1.54, 1.807) is 24.4 Å². The predicted octanol–water partition coefficient (Wildman–Crippen LogP) is 2.38. The van der Waals surface area contributed by atoms with Crippen molar-refractivity contribution in [1.29, 1.82) is 0 Å². The average molecular weight is 340 g/mol. The van der Waals surface area contributed by atoms with Gasteiger partial charge in [-0.25, -0.2) is 9.78 Å². The molecule has 0 radical (unpaired) electrons. The molecule has 1 aromatic carbocycles. The molecule has 7 heteroatoms. The maximum Gasteiger partial charge on any atom is 0.355 e. The summed E-state index contributed by atoms with van der Waals surface area (Å²) < 4.78 is 1.36. The molecule has 122 valence electrons. The van der Waals surface area contributed by atoms with Crippen molar-refractivity contribution in [2.45, 2.75) is 18.5 Å². The third-order valence-corrected chi connectivity index (χ3v) is 4.27. The number of aromatic nitrogens is 3. The van der Waals surface area contributed by atoms with Crippen molar-refractivity contribution < 1.29 is 4.79 Å². The number of carbonyl (C=O) groups excluding carboxylic acids is 1. The third kappa shape index (κ3) is 3.80. The van der Waals surface area contributed by atoms with E-state index in [1.165, 1.54) is 9.96 Å². The van der Waals surface area contributed by atoms with Crippen molar-refractivity contribution in [3.63, 3.8) is 0 Å². The number of aryl methyl sites for hydroxylation is 1. The van der Waals surface area contributed by atoms with E-state index < -0.39 is 5.69 Å². The average Bonchev–Trinajstić information content (AvgIpc) is 2.61. The molecule has 0 aliphatic rings. The Kier molecular flexibility index (Phi) is 4.90. The summed E-state index contributed by atoms with van der Waals surface area (Å²) in [7, 11) is 0. The van der Waals surface area contributed by atoms with Gasteiger partial charge in [0.1, 0.15) is 5.65 Å². The molecule has 0 saturated heterocycles. The highest BCUT2D eigenvalue weighted by Crippen LogP contribution is 2.14. The fraction of sp³-hybridized carbons (Fsp3) is 0.176. The highest BCUT2D eigenvalue weighted by atomic mass is 32.2. The molecule has 0 fully saturated rings. The number of rotatable bonds is 5. The molecule has 1 N–H and O–H groups in total. The molecule has 24 heavy (non-hydrogen) atoms. The van der Waals surface area contributed by atoms with Crippen LogP contribution in [0.25, 0.3) is 5.65 Å². The van der Waals surface area contributed by atoms with E-state index in [-0.39, 0.29) is 11.7 Å². The molecule has 3 aromatic rings. The number of nitrogens with one attached hydrogen (secondary N) is 1. The predicted molar refractivity (Wildman–Crippen MR) is 94.4 cm³/mol. The number of anilines is 1. The fourth-order valence-electron chi connectivity index (χ4n) is 2.16. The Morgan fingerprint density at radius 1 is 1.17 bits per heavy atom. The van der Waals surface area contributed by atoms with Crippen LogP contribution in [0, 0.1) is 0 Å². The quantitative estimate of drug-likeness (QED) is 0.722. The molecule has 0 unspecified atom stereocenters. The molecule has 2 heterocycles. The van der Waals surface area contributed by atoms with Crippen LogP contribution in [0.5, 0.6) is 0 Å². The molecule has 2 aromatic heterocycles. The van der Waals surface area contributed by atoms with Crippen LogP contribution in [0.3, 0.4) is 0 Å². The van der Waals surface area contributed by atoms with E-state index >= 15 is 0 Å². The van der Waals surface area contributed by atoms with Gasteiger partial charge in [-0.2, -0.15) is 4.98 Å². The summed E-state index contributed by atoms with van der Waals surface area (Å²) in [5, 5.41) is 3.11. The van der Waals surface area contributed by atoms with Crippen molar-refractivity contribution in [2.24, 2.45) is 0 Å². The highest BCUT2D eigenvalue weighted by Gasteiger charge is 2.08. The second kappa shape index (κ2) is 7.27. The lowest BCUT2D eigenvalue weighted by Crippen LogP contribution is -2.20. The van der Waals surface area contributed by atoms with E-state index in [4.69, 9.17) is 0 Å². The van der Waals surface area contributed by atoms with Crippen LogP contribution in [0.1, 0.15) is 12.5 Å². The van der Waals surface area contributed by atoms with Crippen LogP contribution in [0.4, 0.5) is 5.69 Å². The van der Waals surface area contributed by atoms with Crippen LogP contribution >= 0.6 is 11.8 Å². The summed E-state index contributed by atoms with van der Waals surface area (Å²) >= 11 is 1.14. The minimum atomic E-state index is -0.404. The standard InChI is InChI=1S/C17H16N4O2S/c1-2-12-6-8-13(9-7-12)18-15(22)11-24-16-19-14-5-3-4-10-21(14)17(23)20-16/h3-10H,2,11H2,1H3,(H,18,22). The smallest absolute Gasteiger partial charge is 0.325 e. The highest BCUT2D eigenvalue weighted by molar-refractivity contribution is 7.99. The zero-order chi connectivity index (χ0) is 16.9. The Morgan fingerprint density at radius 2 is 1.96 bits per heavy atom. The molecular weight excluding hydrogens is 324 g/mol. The number of benzene rings is 1. The van der Waals surface area contributed by atoms with Gasteiger partial charge in [0.15, 0.2) is 5.16 Å². The number of pyridine rings is 1. The number of hydrogen-bond acceptors (Lipinski definition) is 5. The summed E-state index contributed by atoms with van der Waals surface area (Å²) in [6.45, 7) is 2.08. The zero-order valence-corrected chi connectivity index (χ0v) is 13.9. The van der Waals surface area contributed by atoms with E-state index in [0.717, 1.165) is 23.9 Å². The van der Waals surface area contributed by atoms with E-state index in [2.05, 4.69) is 22.2 Å². The van der Waals surface area contributed by atoms with Crippen molar-refractivity contribution in [1.82, 2.24) is 14.4 Å². The Hall–Kier alpha value is -2.67. The van der Waals surface area contributed by atoms with E-state index in [9.17, 15) is 9.59 Å². The lowest BCUT2D eigenvalue weighted by Gasteiger charge is -2.06. The largest absolute Gasteiger partial charge is 0.355 e. The Balaban J connectivity index is 1.64. The van der Waals surface area contributed by atoms with Gasteiger partial charge in [0.25, 0.3) is 0 Å². The van der Waals surface area contributed by atoms with Gasteiger partial charge >= 0.3 is 5.69 Å². The summed E-state index contributed by atoms with van der Waals surface area (Å²) in [4.78, 5) is 32.1. The molecule has 0 bridgehead atoms. The number of thioether (sulfide) groups is 1. The van der Waals surface area contributed by atoms with Crippen LogP contribution in [-0.2, 0) is 11.2 Å².